The Bertz CT molecular complexity index is 689. The number of carbonyl (C=O) groups is 1. The molecule has 1 aromatic carbocycles. The zero-order valence-corrected chi connectivity index (χ0v) is 14.7. The minimum absolute atomic E-state index is 0.0834. The van der Waals surface area contributed by atoms with Gasteiger partial charge in [0.05, 0.1) is 12.8 Å². The number of furan rings is 1. The number of benzene rings is 1. The van der Waals surface area contributed by atoms with Crippen molar-refractivity contribution < 1.29 is 19.1 Å². The van der Waals surface area contributed by atoms with Crippen LogP contribution in [-0.4, -0.2) is 24.2 Å². The Morgan fingerprint density at radius 1 is 1.32 bits per heavy atom. The highest BCUT2D eigenvalue weighted by atomic mass is 16.5. The van der Waals surface area contributed by atoms with Crippen molar-refractivity contribution >= 4 is 5.91 Å². The Balaban J connectivity index is 1.50. The molecule has 3 rings (SSSR count). The number of nitrogens with one attached hydrogen (secondary N) is 1. The van der Waals surface area contributed by atoms with Crippen LogP contribution in [0, 0.1) is 5.92 Å². The van der Waals surface area contributed by atoms with E-state index < -0.39 is 5.60 Å². The molecular formula is C20H25NO4. The third-order valence-corrected chi connectivity index (χ3v) is 4.67. The fourth-order valence-electron chi connectivity index (χ4n) is 2.90. The van der Waals surface area contributed by atoms with Gasteiger partial charge >= 0.3 is 0 Å². The van der Waals surface area contributed by atoms with E-state index in [4.69, 9.17) is 9.15 Å². The lowest BCUT2D eigenvalue weighted by molar-refractivity contribution is -0.125. The van der Waals surface area contributed by atoms with Crippen molar-refractivity contribution in [1.29, 1.82) is 0 Å². The molecule has 1 aliphatic rings. The SMILES string of the molecule is CC(C)c1ccc(OCC(=O)NCC(O)(c2ccco2)C2CC2)cc1. The lowest BCUT2D eigenvalue weighted by Crippen LogP contribution is -2.43. The van der Waals surface area contributed by atoms with Gasteiger partial charge in [-0.25, -0.2) is 0 Å². The van der Waals surface area contributed by atoms with Gasteiger partial charge in [-0.05, 0) is 54.5 Å². The van der Waals surface area contributed by atoms with E-state index in [1.54, 1.807) is 12.1 Å². The normalized spacial score (nSPS) is 16.5. The van der Waals surface area contributed by atoms with Crippen molar-refractivity contribution in [2.24, 2.45) is 5.92 Å². The van der Waals surface area contributed by atoms with E-state index in [2.05, 4.69) is 19.2 Å². The predicted octanol–water partition coefficient (Wildman–Crippen LogP) is 3.20. The zero-order valence-electron chi connectivity index (χ0n) is 14.7. The second-order valence-corrected chi connectivity index (χ2v) is 6.96. The molecule has 2 N–H and O–H groups in total. The van der Waals surface area contributed by atoms with Gasteiger partial charge < -0.3 is 19.6 Å². The Kier molecular flexibility index (Phi) is 5.13. The largest absolute Gasteiger partial charge is 0.484 e. The zero-order chi connectivity index (χ0) is 17.9. The molecule has 0 saturated heterocycles. The summed E-state index contributed by atoms with van der Waals surface area (Å²) in [6.07, 6.45) is 3.41. The van der Waals surface area contributed by atoms with Crippen LogP contribution in [0.2, 0.25) is 0 Å². The van der Waals surface area contributed by atoms with Crippen LogP contribution in [0.15, 0.2) is 47.1 Å². The van der Waals surface area contributed by atoms with Crippen molar-refractivity contribution in [3.63, 3.8) is 0 Å². The lowest BCUT2D eigenvalue weighted by atomic mass is 9.94. The third-order valence-electron chi connectivity index (χ3n) is 4.67. The number of hydrogen-bond acceptors (Lipinski definition) is 4. The van der Waals surface area contributed by atoms with Crippen LogP contribution >= 0.6 is 0 Å². The van der Waals surface area contributed by atoms with Crippen LogP contribution in [0.3, 0.4) is 0 Å². The van der Waals surface area contributed by atoms with Gasteiger partial charge in [0.1, 0.15) is 17.1 Å². The summed E-state index contributed by atoms with van der Waals surface area (Å²) in [6.45, 7) is 4.30. The average Bonchev–Trinajstić information content (AvgIpc) is 3.33. The maximum absolute atomic E-state index is 12.1. The van der Waals surface area contributed by atoms with Crippen molar-refractivity contribution in [1.82, 2.24) is 5.32 Å². The monoisotopic (exact) mass is 343 g/mol. The third kappa shape index (κ3) is 4.23. The van der Waals surface area contributed by atoms with Crippen LogP contribution in [-0.2, 0) is 10.4 Å². The lowest BCUT2D eigenvalue weighted by Gasteiger charge is -2.26. The molecule has 1 atom stereocenters. The molecule has 1 heterocycles. The number of carbonyl (C=O) groups excluding carboxylic acids is 1. The molecule has 5 nitrogen and oxygen atoms in total. The van der Waals surface area contributed by atoms with Crippen molar-refractivity contribution in [3.05, 3.63) is 54.0 Å². The van der Waals surface area contributed by atoms with Crippen LogP contribution in [0.1, 0.15) is 43.9 Å². The fourth-order valence-corrected chi connectivity index (χ4v) is 2.90. The first kappa shape index (κ1) is 17.5. The molecule has 2 aromatic rings. The van der Waals surface area contributed by atoms with E-state index >= 15 is 0 Å². The van der Waals surface area contributed by atoms with E-state index in [1.165, 1.54) is 11.8 Å². The van der Waals surface area contributed by atoms with E-state index in [9.17, 15) is 9.90 Å². The summed E-state index contributed by atoms with van der Waals surface area (Å²) in [7, 11) is 0. The van der Waals surface area contributed by atoms with Crippen molar-refractivity contribution in [2.45, 2.75) is 38.2 Å². The van der Waals surface area contributed by atoms with Gasteiger partial charge in [-0.15, -0.1) is 0 Å². The summed E-state index contributed by atoms with van der Waals surface area (Å²) in [4.78, 5) is 12.1. The Morgan fingerprint density at radius 3 is 2.60 bits per heavy atom. The maximum Gasteiger partial charge on any atom is 0.258 e. The molecule has 1 saturated carbocycles. The van der Waals surface area contributed by atoms with Crippen LogP contribution in [0.5, 0.6) is 5.75 Å². The summed E-state index contributed by atoms with van der Waals surface area (Å²) >= 11 is 0. The van der Waals surface area contributed by atoms with Crippen molar-refractivity contribution in [2.75, 3.05) is 13.2 Å². The topological polar surface area (TPSA) is 71.7 Å². The van der Waals surface area contributed by atoms with E-state index in [-0.39, 0.29) is 25.0 Å². The highest BCUT2D eigenvalue weighted by Gasteiger charge is 2.47. The van der Waals surface area contributed by atoms with E-state index in [1.807, 2.05) is 24.3 Å². The maximum atomic E-state index is 12.1. The first-order valence-electron chi connectivity index (χ1n) is 8.75. The second-order valence-electron chi connectivity index (χ2n) is 6.96. The van der Waals surface area contributed by atoms with Gasteiger partial charge in [-0.3, -0.25) is 4.79 Å². The molecule has 1 aliphatic carbocycles. The molecule has 1 amide bonds. The van der Waals surface area contributed by atoms with Crippen LogP contribution in [0.4, 0.5) is 0 Å². The smallest absolute Gasteiger partial charge is 0.258 e. The molecule has 134 valence electrons. The highest BCUT2D eigenvalue weighted by Crippen LogP contribution is 2.45. The molecular weight excluding hydrogens is 318 g/mol. The molecule has 0 bridgehead atoms. The standard InChI is InChI=1S/C20H25NO4/c1-14(2)15-5-9-17(10-6-15)25-12-19(22)21-13-20(23,16-7-8-16)18-4-3-11-24-18/h3-6,9-11,14,16,23H,7-8,12-13H2,1-2H3,(H,21,22). The first-order chi connectivity index (χ1) is 12.0. The van der Waals surface area contributed by atoms with Gasteiger partial charge in [0.15, 0.2) is 6.61 Å². The van der Waals surface area contributed by atoms with E-state index in [0.29, 0.717) is 17.4 Å². The highest BCUT2D eigenvalue weighted by molar-refractivity contribution is 5.77. The number of hydrogen-bond donors (Lipinski definition) is 2. The summed E-state index contributed by atoms with van der Waals surface area (Å²) < 4.78 is 10.9. The Morgan fingerprint density at radius 2 is 2.04 bits per heavy atom. The van der Waals surface area contributed by atoms with Gasteiger partial charge in [-0.1, -0.05) is 26.0 Å². The molecule has 1 unspecified atom stereocenters. The van der Waals surface area contributed by atoms with Gasteiger partial charge in [0.2, 0.25) is 0 Å². The molecule has 0 radical (unpaired) electrons. The number of amides is 1. The molecule has 0 spiro atoms. The molecule has 1 fully saturated rings. The van der Waals surface area contributed by atoms with E-state index in [0.717, 1.165) is 12.8 Å². The quantitative estimate of drug-likeness (QED) is 0.772. The fraction of sp³-hybridized carbons (Fsp3) is 0.450. The first-order valence-corrected chi connectivity index (χ1v) is 8.75. The minimum Gasteiger partial charge on any atom is -0.484 e. The van der Waals surface area contributed by atoms with Crippen LogP contribution < -0.4 is 10.1 Å². The average molecular weight is 343 g/mol. The van der Waals surface area contributed by atoms with Gasteiger partial charge in [-0.2, -0.15) is 0 Å². The van der Waals surface area contributed by atoms with Gasteiger partial charge in [0.25, 0.3) is 5.91 Å². The summed E-state index contributed by atoms with van der Waals surface area (Å²) in [5.74, 6) is 1.48. The summed E-state index contributed by atoms with van der Waals surface area (Å²) in [6, 6.07) is 11.2. The minimum atomic E-state index is -1.14. The molecule has 5 heteroatoms. The Hall–Kier alpha value is -2.27. The summed E-state index contributed by atoms with van der Waals surface area (Å²) in [5.41, 5.74) is 0.0858. The molecule has 1 aromatic heterocycles. The number of rotatable bonds is 8. The summed E-state index contributed by atoms with van der Waals surface area (Å²) in [5, 5.41) is 13.6. The van der Waals surface area contributed by atoms with Crippen LogP contribution in [0.25, 0.3) is 0 Å². The molecule has 0 aliphatic heterocycles. The number of aliphatic hydroxyl groups is 1. The second kappa shape index (κ2) is 7.31. The predicted molar refractivity (Wildman–Crippen MR) is 94.4 cm³/mol. The van der Waals surface area contributed by atoms with Gasteiger partial charge in [0, 0.05) is 0 Å². The Labute approximate surface area is 148 Å². The molecule has 25 heavy (non-hydrogen) atoms. The van der Waals surface area contributed by atoms with Crippen molar-refractivity contribution in [3.8, 4) is 5.75 Å². The number of ether oxygens (including phenoxy) is 1.